The maximum Gasteiger partial charge on any atom is 0.408 e. The average molecular weight is 320 g/mol. The van der Waals surface area contributed by atoms with Gasteiger partial charge in [0.15, 0.2) is 0 Å². The van der Waals surface area contributed by atoms with E-state index in [0.717, 1.165) is 31.1 Å². The number of fused-ring (bicyclic) bond motifs is 3. The van der Waals surface area contributed by atoms with Crippen molar-refractivity contribution in [1.29, 1.82) is 0 Å². The number of hydrogen-bond acceptors (Lipinski definition) is 4. The molecule has 1 aromatic heterocycles. The summed E-state index contributed by atoms with van der Waals surface area (Å²) >= 11 is 0. The Morgan fingerprint density at radius 2 is 2.13 bits per heavy atom. The highest BCUT2D eigenvalue weighted by Crippen LogP contribution is 2.49. The lowest BCUT2D eigenvalue weighted by Crippen LogP contribution is -2.62. The van der Waals surface area contributed by atoms with E-state index in [1.165, 1.54) is 12.8 Å². The van der Waals surface area contributed by atoms with Crippen molar-refractivity contribution in [1.82, 2.24) is 10.2 Å². The van der Waals surface area contributed by atoms with Gasteiger partial charge >= 0.3 is 6.09 Å². The zero-order valence-electron chi connectivity index (χ0n) is 14.6. The fraction of sp³-hybridized carbons (Fsp3) is 0.722. The standard InChI is InChI=1S/C18H28N2O3/c1-17(2,3)23-16(21)19-15(14-6-5-11-22-14)18-9-7-13(8-10-18)12-20(18)4/h5-6,11,13,15H,7-10,12H2,1-4H3,(H,19,21). The summed E-state index contributed by atoms with van der Waals surface area (Å²) in [7, 11) is 2.16. The number of carbonyl (C=O) groups excluding carboxylic acids is 1. The first-order valence-electron chi connectivity index (χ1n) is 8.54. The van der Waals surface area contributed by atoms with Crippen molar-refractivity contribution in [2.24, 2.45) is 5.92 Å². The molecular formula is C18H28N2O3. The van der Waals surface area contributed by atoms with Crippen LogP contribution in [0.5, 0.6) is 0 Å². The highest BCUT2D eigenvalue weighted by atomic mass is 16.6. The second-order valence-corrected chi connectivity index (χ2v) is 8.02. The molecule has 4 rings (SSSR count). The number of ether oxygens (including phenoxy) is 1. The molecule has 2 aliphatic heterocycles. The minimum atomic E-state index is -0.508. The van der Waals surface area contributed by atoms with Gasteiger partial charge in [-0.05, 0) is 71.6 Å². The molecule has 5 heteroatoms. The molecule has 5 nitrogen and oxygen atoms in total. The first-order chi connectivity index (χ1) is 10.8. The number of rotatable bonds is 3. The summed E-state index contributed by atoms with van der Waals surface area (Å²) in [6.45, 7) is 6.73. The highest BCUT2D eigenvalue weighted by Gasteiger charge is 2.51. The fourth-order valence-electron chi connectivity index (χ4n) is 4.17. The molecule has 1 saturated carbocycles. The Bertz CT molecular complexity index is 539. The topological polar surface area (TPSA) is 54.7 Å². The molecule has 0 radical (unpaired) electrons. The quantitative estimate of drug-likeness (QED) is 0.922. The van der Waals surface area contributed by atoms with Crippen LogP contribution in [0.15, 0.2) is 22.8 Å². The summed E-state index contributed by atoms with van der Waals surface area (Å²) in [4.78, 5) is 14.8. The molecular weight excluding hydrogens is 292 g/mol. The lowest BCUT2D eigenvalue weighted by molar-refractivity contribution is -0.0484. The first-order valence-corrected chi connectivity index (χ1v) is 8.54. The molecule has 23 heavy (non-hydrogen) atoms. The van der Waals surface area contributed by atoms with Crippen LogP contribution in [0.4, 0.5) is 4.79 Å². The molecule has 1 unspecified atom stereocenters. The van der Waals surface area contributed by atoms with E-state index in [9.17, 15) is 4.79 Å². The monoisotopic (exact) mass is 320 g/mol. The number of amides is 1. The lowest BCUT2D eigenvalue weighted by atomic mass is 9.66. The van der Waals surface area contributed by atoms with E-state index in [-0.39, 0.29) is 17.7 Å². The van der Waals surface area contributed by atoms with Crippen LogP contribution in [0, 0.1) is 5.92 Å². The Morgan fingerprint density at radius 1 is 1.43 bits per heavy atom. The predicted molar refractivity (Wildman–Crippen MR) is 88.1 cm³/mol. The molecule has 128 valence electrons. The molecule has 2 bridgehead atoms. The van der Waals surface area contributed by atoms with Gasteiger partial charge in [-0.3, -0.25) is 4.90 Å². The minimum Gasteiger partial charge on any atom is -0.467 e. The van der Waals surface area contributed by atoms with Crippen molar-refractivity contribution in [2.45, 2.75) is 63.6 Å². The second-order valence-electron chi connectivity index (χ2n) is 8.02. The summed E-state index contributed by atoms with van der Waals surface area (Å²) in [5.74, 6) is 1.60. The largest absolute Gasteiger partial charge is 0.467 e. The van der Waals surface area contributed by atoms with Crippen molar-refractivity contribution >= 4 is 6.09 Å². The van der Waals surface area contributed by atoms with E-state index >= 15 is 0 Å². The maximum absolute atomic E-state index is 12.4. The molecule has 0 spiro atoms. The molecule has 1 N–H and O–H groups in total. The van der Waals surface area contributed by atoms with Gasteiger partial charge in [-0.2, -0.15) is 0 Å². The summed E-state index contributed by atoms with van der Waals surface area (Å²) in [5.41, 5.74) is -0.588. The number of furan rings is 1. The minimum absolute atomic E-state index is 0.0799. The number of hydrogen-bond donors (Lipinski definition) is 1. The second kappa shape index (κ2) is 5.86. The van der Waals surface area contributed by atoms with E-state index in [1.54, 1.807) is 6.26 Å². The van der Waals surface area contributed by atoms with Gasteiger partial charge in [0.2, 0.25) is 0 Å². The van der Waals surface area contributed by atoms with Crippen molar-refractivity contribution < 1.29 is 13.9 Å². The fourth-order valence-corrected chi connectivity index (χ4v) is 4.17. The summed E-state index contributed by atoms with van der Waals surface area (Å²) in [5, 5.41) is 3.10. The van der Waals surface area contributed by atoms with E-state index in [2.05, 4.69) is 17.3 Å². The number of piperidine rings is 2. The third-order valence-electron chi connectivity index (χ3n) is 5.29. The van der Waals surface area contributed by atoms with Gasteiger partial charge in [0.25, 0.3) is 0 Å². The zero-order valence-corrected chi connectivity index (χ0v) is 14.6. The van der Waals surface area contributed by atoms with Crippen LogP contribution < -0.4 is 5.32 Å². The van der Waals surface area contributed by atoms with Crippen LogP contribution in [0.1, 0.15) is 58.3 Å². The van der Waals surface area contributed by atoms with Crippen LogP contribution in [0.3, 0.4) is 0 Å². The zero-order chi connectivity index (χ0) is 16.7. The Morgan fingerprint density at radius 3 is 2.65 bits per heavy atom. The highest BCUT2D eigenvalue weighted by molar-refractivity contribution is 5.68. The number of carbonyl (C=O) groups is 1. The maximum atomic E-state index is 12.4. The Labute approximate surface area is 138 Å². The SMILES string of the molecule is CN1CC2CCC1(C(NC(=O)OC(C)(C)C)c1ccco1)CC2. The number of alkyl carbamates (subject to hydrolysis) is 1. The Kier molecular flexibility index (Phi) is 4.17. The van der Waals surface area contributed by atoms with E-state index in [4.69, 9.17) is 9.15 Å². The molecule has 2 saturated heterocycles. The smallest absolute Gasteiger partial charge is 0.408 e. The lowest BCUT2D eigenvalue weighted by Gasteiger charge is -2.56. The van der Waals surface area contributed by atoms with Gasteiger partial charge < -0.3 is 14.5 Å². The van der Waals surface area contributed by atoms with Gasteiger partial charge in [-0.1, -0.05) is 0 Å². The van der Waals surface area contributed by atoms with Gasteiger partial charge in [-0.15, -0.1) is 0 Å². The van der Waals surface area contributed by atoms with Crippen LogP contribution >= 0.6 is 0 Å². The summed E-state index contributed by atoms with van der Waals surface area (Å²) < 4.78 is 11.2. The molecule has 0 aromatic carbocycles. The molecule has 1 amide bonds. The normalized spacial score (nSPS) is 29.3. The molecule has 1 atom stereocenters. The van der Waals surface area contributed by atoms with E-state index < -0.39 is 5.60 Å². The Hall–Kier alpha value is -1.49. The molecule has 3 aliphatic rings. The van der Waals surface area contributed by atoms with Crippen molar-refractivity contribution in [3.8, 4) is 0 Å². The van der Waals surface area contributed by atoms with Gasteiger partial charge in [0.05, 0.1) is 6.26 Å². The van der Waals surface area contributed by atoms with Crippen LogP contribution in [-0.2, 0) is 4.74 Å². The van der Waals surface area contributed by atoms with Gasteiger partial charge in [0, 0.05) is 12.1 Å². The molecule has 1 aromatic rings. The summed E-state index contributed by atoms with van der Waals surface area (Å²) in [6, 6.07) is 3.65. The van der Waals surface area contributed by atoms with Crippen molar-refractivity contribution in [3.05, 3.63) is 24.2 Å². The molecule has 1 aliphatic carbocycles. The molecule has 3 heterocycles. The number of likely N-dealkylation sites (N-methyl/N-ethyl adjacent to an activating group) is 1. The van der Waals surface area contributed by atoms with Gasteiger partial charge in [-0.25, -0.2) is 4.79 Å². The predicted octanol–water partition coefficient (Wildman–Crippen LogP) is 3.72. The number of nitrogens with zero attached hydrogens (tertiary/aromatic N) is 1. The number of nitrogens with one attached hydrogen (secondary N) is 1. The third kappa shape index (κ3) is 3.25. The molecule has 3 fully saturated rings. The van der Waals surface area contributed by atoms with Crippen LogP contribution in [0.2, 0.25) is 0 Å². The third-order valence-corrected chi connectivity index (χ3v) is 5.29. The van der Waals surface area contributed by atoms with Crippen LogP contribution in [0.25, 0.3) is 0 Å². The van der Waals surface area contributed by atoms with Crippen molar-refractivity contribution in [2.75, 3.05) is 13.6 Å². The van der Waals surface area contributed by atoms with Crippen molar-refractivity contribution in [3.63, 3.8) is 0 Å². The van der Waals surface area contributed by atoms with E-state index in [0.29, 0.717) is 0 Å². The average Bonchev–Trinajstić information content (AvgIpc) is 2.98. The first kappa shape index (κ1) is 16.4. The van der Waals surface area contributed by atoms with Crippen LogP contribution in [-0.4, -0.2) is 35.7 Å². The van der Waals surface area contributed by atoms with Gasteiger partial charge in [0.1, 0.15) is 17.4 Å². The Balaban J connectivity index is 1.86. The van der Waals surface area contributed by atoms with E-state index in [1.807, 2.05) is 32.9 Å². The summed E-state index contributed by atoms with van der Waals surface area (Å²) in [6.07, 6.45) is 5.89.